The molecule has 0 aliphatic carbocycles. The van der Waals surface area contributed by atoms with E-state index in [-0.39, 0.29) is 0 Å². The molecule has 1 rings (SSSR count). The fourth-order valence-corrected chi connectivity index (χ4v) is 1.65. The van der Waals surface area contributed by atoms with Crippen molar-refractivity contribution in [2.45, 2.75) is 19.4 Å². The molecule has 0 aliphatic heterocycles. The van der Waals surface area contributed by atoms with Crippen molar-refractivity contribution in [3.63, 3.8) is 0 Å². The van der Waals surface area contributed by atoms with Crippen molar-refractivity contribution < 1.29 is 19.4 Å². The average Bonchev–Trinajstić information content (AvgIpc) is 2.37. The Morgan fingerprint density at radius 1 is 1.47 bits per heavy atom. The van der Waals surface area contributed by atoms with Gasteiger partial charge in [-0.1, -0.05) is 12.1 Å². The van der Waals surface area contributed by atoms with Gasteiger partial charge in [-0.15, -0.1) is 0 Å². The summed E-state index contributed by atoms with van der Waals surface area (Å²) in [5, 5.41) is 11.0. The van der Waals surface area contributed by atoms with Gasteiger partial charge >= 0.3 is 5.97 Å². The number of carboxylic acid groups (broad SMARTS) is 1. The van der Waals surface area contributed by atoms with Crippen LogP contribution >= 0.6 is 0 Å². The third-order valence-corrected chi connectivity index (χ3v) is 2.72. The van der Waals surface area contributed by atoms with Crippen LogP contribution in [0.3, 0.4) is 0 Å². The van der Waals surface area contributed by atoms with E-state index in [1.54, 1.807) is 7.11 Å². The number of hydrogen-bond donors (Lipinski definition) is 3. The van der Waals surface area contributed by atoms with Crippen molar-refractivity contribution in [3.05, 3.63) is 29.3 Å². The number of aryl methyl sites for hydroxylation is 1. The second-order valence-electron chi connectivity index (χ2n) is 4.16. The van der Waals surface area contributed by atoms with Crippen LogP contribution in [0.15, 0.2) is 18.2 Å². The predicted molar refractivity (Wildman–Crippen MR) is 70.1 cm³/mol. The molecular weight excluding hydrogens is 248 g/mol. The molecule has 0 aliphatic rings. The highest BCUT2D eigenvalue weighted by Crippen LogP contribution is 2.18. The summed E-state index contributed by atoms with van der Waals surface area (Å²) >= 11 is 0. The number of carbonyl (C=O) groups is 2. The summed E-state index contributed by atoms with van der Waals surface area (Å²) in [6.45, 7) is 2.27. The summed E-state index contributed by atoms with van der Waals surface area (Å²) in [7, 11) is 1.61. The van der Waals surface area contributed by atoms with Gasteiger partial charge in [-0.05, 0) is 30.5 Å². The predicted octanol–water partition coefficient (Wildman–Crippen LogP) is 0.0742. The lowest BCUT2D eigenvalue weighted by atomic mass is 10.1. The van der Waals surface area contributed by atoms with Gasteiger partial charge in [-0.3, -0.25) is 4.79 Å². The number of carboxylic acids is 1. The minimum absolute atomic E-state index is 0.339. The summed E-state index contributed by atoms with van der Waals surface area (Å²) < 4.78 is 5.15. The number of nitrogens with two attached hydrogens (primary N) is 1. The molecule has 0 spiro atoms. The Bertz CT molecular complexity index is 474. The lowest BCUT2D eigenvalue weighted by Gasteiger charge is -2.10. The van der Waals surface area contributed by atoms with Crippen LogP contribution in [0.1, 0.15) is 11.1 Å². The first kappa shape index (κ1) is 15.0. The normalized spacial score (nSPS) is 11.7. The first-order valence-corrected chi connectivity index (χ1v) is 5.85. The summed E-state index contributed by atoms with van der Waals surface area (Å²) in [5.74, 6) is -1.21. The van der Waals surface area contributed by atoms with Gasteiger partial charge in [0.1, 0.15) is 5.75 Å². The van der Waals surface area contributed by atoms with Crippen LogP contribution in [0, 0.1) is 6.92 Å². The molecule has 0 aromatic heterocycles. The first-order chi connectivity index (χ1) is 8.95. The summed E-state index contributed by atoms with van der Waals surface area (Å²) in [5.41, 5.74) is 7.21. The number of rotatable bonds is 6. The van der Waals surface area contributed by atoms with Crippen molar-refractivity contribution in [1.82, 2.24) is 5.32 Å². The van der Waals surface area contributed by atoms with E-state index in [1.807, 2.05) is 25.1 Å². The van der Waals surface area contributed by atoms with Crippen LogP contribution in [0.4, 0.5) is 0 Å². The van der Waals surface area contributed by atoms with Crippen molar-refractivity contribution in [3.8, 4) is 5.75 Å². The van der Waals surface area contributed by atoms with Crippen molar-refractivity contribution in [1.29, 1.82) is 0 Å². The van der Waals surface area contributed by atoms with Crippen molar-refractivity contribution in [2.24, 2.45) is 5.73 Å². The number of benzene rings is 1. The zero-order valence-corrected chi connectivity index (χ0v) is 11.0. The minimum Gasteiger partial charge on any atom is -0.496 e. The molecule has 1 atom stereocenters. The van der Waals surface area contributed by atoms with Crippen molar-refractivity contribution in [2.75, 3.05) is 13.7 Å². The number of ether oxygens (including phenoxy) is 1. The van der Waals surface area contributed by atoms with Crippen LogP contribution in [-0.2, 0) is 16.0 Å². The van der Waals surface area contributed by atoms with Crippen LogP contribution in [0.2, 0.25) is 0 Å². The van der Waals surface area contributed by atoms with E-state index < -0.39 is 17.9 Å². The van der Waals surface area contributed by atoms with Crippen LogP contribution in [0.25, 0.3) is 0 Å². The Labute approximate surface area is 111 Å². The molecule has 0 saturated carbocycles. The maximum atomic E-state index is 11.3. The highest BCUT2D eigenvalue weighted by atomic mass is 16.5. The van der Waals surface area contributed by atoms with E-state index in [4.69, 9.17) is 15.6 Å². The Balaban J connectivity index is 2.47. The Morgan fingerprint density at radius 2 is 2.16 bits per heavy atom. The van der Waals surface area contributed by atoms with Gasteiger partial charge in [-0.25, -0.2) is 4.79 Å². The average molecular weight is 266 g/mol. The molecular formula is C13H18N2O4. The monoisotopic (exact) mass is 266 g/mol. The molecule has 6 nitrogen and oxygen atoms in total. The Hall–Kier alpha value is -2.08. The molecule has 6 heteroatoms. The van der Waals surface area contributed by atoms with Crippen LogP contribution in [-0.4, -0.2) is 36.7 Å². The second kappa shape index (κ2) is 6.75. The smallest absolute Gasteiger partial charge is 0.330 e. The molecule has 0 saturated heterocycles. The SMILES string of the molecule is COc1ccc(CCNC(=O)C(N)C(=O)O)cc1C. The topological polar surface area (TPSA) is 102 Å². The highest BCUT2D eigenvalue weighted by molar-refractivity contribution is 6.00. The van der Waals surface area contributed by atoms with E-state index >= 15 is 0 Å². The number of carbonyl (C=O) groups excluding carboxylic acids is 1. The van der Waals surface area contributed by atoms with E-state index in [1.165, 1.54) is 0 Å². The maximum absolute atomic E-state index is 11.3. The molecule has 19 heavy (non-hydrogen) atoms. The van der Waals surface area contributed by atoms with Crippen LogP contribution in [0.5, 0.6) is 5.75 Å². The van der Waals surface area contributed by atoms with Gasteiger partial charge in [-0.2, -0.15) is 0 Å². The van der Waals surface area contributed by atoms with Gasteiger partial charge in [0, 0.05) is 6.54 Å². The zero-order chi connectivity index (χ0) is 14.4. The summed E-state index contributed by atoms with van der Waals surface area (Å²) in [6.07, 6.45) is 0.600. The van der Waals surface area contributed by atoms with Gasteiger partial charge in [0.15, 0.2) is 6.04 Å². The second-order valence-corrected chi connectivity index (χ2v) is 4.16. The fraction of sp³-hybridized carbons (Fsp3) is 0.385. The molecule has 104 valence electrons. The summed E-state index contributed by atoms with van der Waals surface area (Å²) in [6, 6.07) is 4.20. The maximum Gasteiger partial charge on any atom is 0.330 e. The number of hydrogen-bond acceptors (Lipinski definition) is 4. The molecule has 4 N–H and O–H groups in total. The van der Waals surface area contributed by atoms with Gasteiger partial charge in [0.2, 0.25) is 5.91 Å². The number of methoxy groups -OCH3 is 1. The third-order valence-electron chi connectivity index (χ3n) is 2.72. The number of nitrogens with one attached hydrogen (secondary N) is 1. The molecule has 0 bridgehead atoms. The highest BCUT2D eigenvalue weighted by Gasteiger charge is 2.20. The van der Waals surface area contributed by atoms with Gasteiger partial charge in [0.25, 0.3) is 0 Å². The Morgan fingerprint density at radius 3 is 2.68 bits per heavy atom. The molecule has 1 amide bonds. The molecule has 1 aromatic carbocycles. The number of aliphatic carboxylic acids is 1. The fourth-order valence-electron chi connectivity index (χ4n) is 1.65. The lowest BCUT2D eigenvalue weighted by molar-refractivity contribution is -0.142. The minimum atomic E-state index is -1.52. The summed E-state index contributed by atoms with van der Waals surface area (Å²) in [4.78, 5) is 21.8. The molecule has 0 fully saturated rings. The standard InChI is InChI=1S/C13H18N2O4/c1-8-7-9(3-4-10(8)19-2)5-6-15-12(16)11(14)13(17)18/h3-4,7,11H,5-6,14H2,1-2H3,(H,15,16)(H,17,18). The van der Waals surface area contributed by atoms with Gasteiger partial charge < -0.3 is 20.9 Å². The van der Waals surface area contributed by atoms with Gasteiger partial charge in [0.05, 0.1) is 7.11 Å². The third kappa shape index (κ3) is 4.26. The molecule has 0 radical (unpaired) electrons. The number of amides is 1. The van der Waals surface area contributed by atoms with Crippen molar-refractivity contribution >= 4 is 11.9 Å². The first-order valence-electron chi connectivity index (χ1n) is 5.85. The van der Waals surface area contributed by atoms with Crippen LogP contribution < -0.4 is 15.8 Å². The largest absolute Gasteiger partial charge is 0.496 e. The lowest BCUT2D eigenvalue weighted by Crippen LogP contribution is -2.46. The Kier molecular flexibility index (Phi) is 5.32. The molecule has 0 heterocycles. The molecule has 1 aromatic rings. The van der Waals surface area contributed by atoms with E-state index in [0.717, 1.165) is 16.9 Å². The zero-order valence-electron chi connectivity index (χ0n) is 11.0. The van der Waals surface area contributed by atoms with E-state index in [9.17, 15) is 9.59 Å². The molecule has 1 unspecified atom stereocenters. The van der Waals surface area contributed by atoms with E-state index in [0.29, 0.717) is 13.0 Å². The quantitative estimate of drug-likeness (QED) is 0.633. The van der Waals surface area contributed by atoms with E-state index in [2.05, 4.69) is 5.32 Å².